The summed E-state index contributed by atoms with van der Waals surface area (Å²) in [7, 11) is 0. The van der Waals surface area contributed by atoms with Gasteiger partial charge in [0.15, 0.2) is 0 Å². The van der Waals surface area contributed by atoms with E-state index in [4.69, 9.17) is 4.74 Å². The molecule has 1 N–H and O–H groups in total. The van der Waals surface area contributed by atoms with E-state index in [1.54, 1.807) is 12.3 Å². The van der Waals surface area contributed by atoms with Gasteiger partial charge in [0, 0.05) is 6.54 Å². The number of nitrogens with zero attached hydrogens (tertiary/aromatic N) is 2. The Balaban J connectivity index is 2.78. The Kier molecular flexibility index (Phi) is 4.39. The molecule has 0 aliphatic heterocycles. The lowest BCUT2D eigenvalue weighted by Gasteiger charge is -2.06. The van der Waals surface area contributed by atoms with Crippen molar-refractivity contribution in [3.8, 4) is 5.88 Å². The van der Waals surface area contributed by atoms with Gasteiger partial charge in [0.25, 0.3) is 0 Å². The monoisotopic (exact) mass is 257 g/mol. The first-order valence-corrected chi connectivity index (χ1v) is 5.07. The van der Waals surface area contributed by atoms with Gasteiger partial charge in [-0.05, 0) is 22.9 Å². The molecule has 0 saturated heterocycles. The number of ether oxygens (including phenoxy) is 1. The largest absolute Gasteiger partial charge is 0.473 e. The predicted molar refractivity (Wildman–Crippen MR) is 59.6 cm³/mol. The average molecular weight is 258 g/mol. The van der Waals surface area contributed by atoms with Gasteiger partial charge in [-0.2, -0.15) is 4.98 Å². The van der Waals surface area contributed by atoms with Gasteiger partial charge in [-0.3, -0.25) is 0 Å². The van der Waals surface area contributed by atoms with Crippen molar-refractivity contribution in [2.24, 2.45) is 0 Å². The average Bonchev–Trinajstić information content (AvgIpc) is 2.19. The van der Waals surface area contributed by atoms with Crippen molar-refractivity contribution in [2.45, 2.75) is 6.92 Å². The normalized spacial score (nSPS) is 9.57. The SMILES string of the molecule is C=CCOc1nc(NCC)ncc1Br. The highest BCUT2D eigenvalue weighted by Gasteiger charge is 2.04. The van der Waals surface area contributed by atoms with Crippen molar-refractivity contribution in [3.63, 3.8) is 0 Å². The van der Waals surface area contributed by atoms with Gasteiger partial charge in [0.1, 0.15) is 6.61 Å². The van der Waals surface area contributed by atoms with Crippen molar-refractivity contribution in [1.82, 2.24) is 9.97 Å². The van der Waals surface area contributed by atoms with Gasteiger partial charge in [-0.1, -0.05) is 12.7 Å². The van der Waals surface area contributed by atoms with E-state index in [0.717, 1.165) is 11.0 Å². The number of anilines is 1. The Morgan fingerprint density at radius 2 is 2.50 bits per heavy atom. The van der Waals surface area contributed by atoms with Crippen molar-refractivity contribution >= 4 is 21.9 Å². The molecule has 1 aromatic heterocycles. The number of hydrogen-bond acceptors (Lipinski definition) is 4. The van der Waals surface area contributed by atoms with Crippen LogP contribution in [0, 0.1) is 0 Å². The quantitative estimate of drug-likeness (QED) is 0.823. The number of aromatic nitrogens is 2. The van der Waals surface area contributed by atoms with Crippen LogP contribution in [0.25, 0.3) is 0 Å². The van der Waals surface area contributed by atoms with E-state index in [1.807, 2.05) is 6.92 Å². The Morgan fingerprint density at radius 1 is 1.71 bits per heavy atom. The van der Waals surface area contributed by atoms with E-state index in [1.165, 1.54) is 0 Å². The van der Waals surface area contributed by atoms with E-state index in [-0.39, 0.29) is 0 Å². The highest BCUT2D eigenvalue weighted by molar-refractivity contribution is 9.10. The van der Waals surface area contributed by atoms with Crippen LogP contribution in [0.1, 0.15) is 6.92 Å². The maximum atomic E-state index is 5.32. The summed E-state index contributed by atoms with van der Waals surface area (Å²) in [6, 6.07) is 0. The molecular weight excluding hydrogens is 246 g/mol. The molecule has 0 aliphatic rings. The molecule has 76 valence electrons. The second-order valence-corrected chi connectivity index (χ2v) is 3.33. The second kappa shape index (κ2) is 5.59. The van der Waals surface area contributed by atoms with Crippen LogP contribution in [-0.2, 0) is 0 Å². The Morgan fingerprint density at radius 3 is 3.14 bits per heavy atom. The zero-order valence-electron chi connectivity index (χ0n) is 7.96. The molecule has 0 radical (unpaired) electrons. The van der Waals surface area contributed by atoms with Crippen LogP contribution in [0.5, 0.6) is 5.88 Å². The van der Waals surface area contributed by atoms with Crippen LogP contribution in [0.15, 0.2) is 23.3 Å². The minimum absolute atomic E-state index is 0.432. The molecule has 0 spiro atoms. The van der Waals surface area contributed by atoms with E-state index < -0.39 is 0 Å². The maximum Gasteiger partial charge on any atom is 0.233 e. The van der Waals surface area contributed by atoms with Gasteiger partial charge in [0.2, 0.25) is 11.8 Å². The summed E-state index contributed by atoms with van der Waals surface area (Å²) in [5.74, 6) is 1.09. The van der Waals surface area contributed by atoms with Gasteiger partial charge < -0.3 is 10.1 Å². The minimum atomic E-state index is 0.432. The molecule has 5 heteroatoms. The van der Waals surface area contributed by atoms with Gasteiger partial charge >= 0.3 is 0 Å². The fourth-order valence-electron chi connectivity index (χ4n) is 0.834. The maximum absolute atomic E-state index is 5.32. The summed E-state index contributed by atoms with van der Waals surface area (Å²) in [6.45, 7) is 6.76. The lowest BCUT2D eigenvalue weighted by Crippen LogP contribution is -2.04. The summed E-state index contributed by atoms with van der Waals surface area (Å²) < 4.78 is 6.05. The number of rotatable bonds is 5. The summed E-state index contributed by atoms with van der Waals surface area (Å²) >= 11 is 3.30. The fourth-order valence-corrected chi connectivity index (χ4v) is 1.14. The van der Waals surface area contributed by atoms with Crippen LogP contribution < -0.4 is 10.1 Å². The zero-order valence-corrected chi connectivity index (χ0v) is 9.54. The van der Waals surface area contributed by atoms with Crippen LogP contribution in [0.4, 0.5) is 5.95 Å². The second-order valence-electron chi connectivity index (χ2n) is 2.48. The molecule has 14 heavy (non-hydrogen) atoms. The molecule has 1 aromatic rings. The fraction of sp³-hybridized carbons (Fsp3) is 0.333. The minimum Gasteiger partial charge on any atom is -0.473 e. The van der Waals surface area contributed by atoms with Crippen molar-refractivity contribution < 1.29 is 4.74 Å². The van der Waals surface area contributed by atoms with Crippen LogP contribution in [0.2, 0.25) is 0 Å². The van der Waals surface area contributed by atoms with E-state index >= 15 is 0 Å². The first-order chi connectivity index (χ1) is 6.77. The molecule has 0 unspecified atom stereocenters. The number of hydrogen-bond donors (Lipinski definition) is 1. The Labute approximate surface area is 91.5 Å². The molecular formula is C9H12BrN3O. The van der Waals surface area contributed by atoms with Gasteiger partial charge in [-0.15, -0.1) is 0 Å². The lowest BCUT2D eigenvalue weighted by atomic mass is 10.6. The van der Waals surface area contributed by atoms with E-state index in [0.29, 0.717) is 18.4 Å². The van der Waals surface area contributed by atoms with Gasteiger partial charge in [-0.25, -0.2) is 4.98 Å². The summed E-state index contributed by atoms with van der Waals surface area (Å²) in [4.78, 5) is 8.22. The molecule has 0 bridgehead atoms. The first-order valence-electron chi connectivity index (χ1n) is 4.28. The van der Waals surface area contributed by atoms with Crippen LogP contribution in [0.3, 0.4) is 0 Å². The molecule has 0 atom stereocenters. The number of halogens is 1. The molecule has 1 heterocycles. The topological polar surface area (TPSA) is 47.0 Å². The summed E-state index contributed by atoms with van der Waals surface area (Å²) in [6.07, 6.45) is 3.32. The third-order valence-electron chi connectivity index (χ3n) is 1.38. The van der Waals surface area contributed by atoms with Crippen LogP contribution >= 0.6 is 15.9 Å². The predicted octanol–water partition coefficient (Wildman–Crippen LogP) is 2.24. The summed E-state index contributed by atoms with van der Waals surface area (Å²) in [5, 5.41) is 3.00. The van der Waals surface area contributed by atoms with E-state index in [9.17, 15) is 0 Å². The lowest BCUT2D eigenvalue weighted by molar-refractivity contribution is 0.346. The standard InChI is InChI=1S/C9H12BrN3O/c1-3-5-14-8-7(10)6-12-9(13-8)11-4-2/h3,6H,1,4-5H2,2H3,(H,11,12,13). The van der Waals surface area contributed by atoms with Crippen LogP contribution in [-0.4, -0.2) is 23.1 Å². The smallest absolute Gasteiger partial charge is 0.233 e. The highest BCUT2D eigenvalue weighted by atomic mass is 79.9. The Bertz CT molecular complexity index is 317. The zero-order chi connectivity index (χ0) is 10.4. The van der Waals surface area contributed by atoms with Crippen molar-refractivity contribution in [1.29, 1.82) is 0 Å². The molecule has 0 fully saturated rings. The number of nitrogens with one attached hydrogen (secondary N) is 1. The van der Waals surface area contributed by atoms with Crippen molar-refractivity contribution in [2.75, 3.05) is 18.5 Å². The Hall–Kier alpha value is -1.10. The molecule has 4 nitrogen and oxygen atoms in total. The van der Waals surface area contributed by atoms with Crippen molar-refractivity contribution in [3.05, 3.63) is 23.3 Å². The third kappa shape index (κ3) is 2.99. The van der Waals surface area contributed by atoms with Gasteiger partial charge in [0.05, 0.1) is 10.7 Å². The molecule has 0 amide bonds. The van der Waals surface area contributed by atoms with E-state index in [2.05, 4.69) is 37.8 Å². The third-order valence-corrected chi connectivity index (χ3v) is 1.93. The highest BCUT2D eigenvalue weighted by Crippen LogP contribution is 2.22. The molecule has 0 aromatic carbocycles. The summed E-state index contributed by atoms with van der Waals surface area (Å²) in [5.41, 5.74) is 0. The molecule has 0 saturated carbocycles. The molecule has 1 rings (SSSR count). The first kappa shape index (κ1) is 11.0. The molecule has 0 aliphatic carbocycles.